The number of pyridine rings is 1. The first-order valence-electron chi connectivity index (χ1n) is 6.88. The molecule has 1 aromatic heterocycles. The third-order valence-corrected chi connectivity index (χ3v) is 4.10. The molecule has 0 spiro atoms. The molecule has 1 fully saturated rings. The summed E-state index contributed by atoms with van der Waals surface area (Å²) in [5.74, 6) is -0.818. The van der Waals surface area contributed by atoms with Crippen LogP contribution in [0.15, 0.2) is 23.6 Å². The van der Waals surface area contributed by atoms with Gasteiger partial charge in [-0.25, -0.2) is 4.39 Å². The molecular formula is C14H19FN4O2. The van der Waals surface area contributed by atoms with E-state index in [0.29, 0.717) is 18.8 Å². The quantitative estimate of drug-likeness (QED) is 0.341. The molecule has 1 saturated carbocycles. The SMILES string of the molecule is CC1CCC(NC(=O)c2ccncc2F)(C(N)=NO)CC1. The van der Waals surface area contributed by atoms with Gasteiger partial charge in [0.1, 0.15) is 5.54 Å². The minimum Gasteiger partial charge on any atom is -0.409 e. The highest BCUT2D eigenvalue weighted by atomic mass is 19.1. The van der Waals surface area contributed by atoms with Gasteiger partial charge in [0.05, 0.1) is 11.8 Å². The predicted octanol–water partition coefficient (Wildman–Crippen LogP) is 1.65. The van der Waals surface area contributed by atoms with Crippen molar-refractivity contribution in [3.05, 3.63) is 29.8 Å². The van der Waals surface area contributed by atoms with E-state index in [1.54, 1.807) is 0 Å². The van der Waals surface area contributed by atoms with Crippen LogP contribution < -0.4 is 11.1 Å². The largest absolute Gasteiger partial charge is 0.409 e. The summed E-state index contributed by atoms with van der Waals surface area (Å²) in [5, 5.41) is 14.8. The number of hydrogen-bond acceptors (Lipinski definition) is 4. The van der Waals surface area contributed by atoms with Crippen molar-refractivity contribution in [1.82, 2.24) is 10.3 Å². The first kappa shape index (κ1) is 15.2. The van der Waals surface area contributed by atoms with Crippen LogP contribution in [0.2, 0.25) is 0 Å². The Labute approximate surface area is 122 Å². The first-order chi connectivity index (χ1) is 9.98. The third kappa shape index (κ3) is 3.12. The molecule has 1 aliphatic carbocycles. The van der Waals surface area contributed by atoms with E-state index >= 15 is 0 Å². The maximum absolute atomic E-state index is 13.6. The fourth-order valence-electron chi connectivity index (χ4n) is 2.64. The monoisotopic (exact) mass is 294 g/mol. The second-order valence-corrected chi connectivity index (χ2v) is 5.56. The molecule has 2 rings (SSSR count). The Morgan fingerprint density at radius 3 is 2.81 bits per heavy atom. The fourth-order valence-corrected chi connectivity index (χ4v) is 2.64. The smallest absolute Gasteiger partial charge is 0.255 e. The van der Waals surface area contributed by atoms with Crippen molar-refractivity contribution in [3.8, 4) is 0 Å². The zero-order chi connectivity index (χ0) is 15.5. The van der Waals surface area contributed by atoms with Crippen molar-refractivity contribution in [1.29, 1.82) is 0 Å². The molecule has 1 amide bonds. The van der Waals surface area contributed by atoms with Gasteiger partial charge in [-0.2, -0.15) is 0 Å². The maximum atomic E-state index is 13.6. The number of hydrogen-bond donors (Lipinski definition) is 3. The Hall–Kier alpha value is -2.18. The van der Waals surface area contributed by atoms with Crippen molar-refractivity contribution < 1.29 is 14.4 Å². The summed E-state index contributed by atoms with van der Waals surface area (Å²) in [5.41, 5.74) is 4.75. The van der Waals surface area contributed by atoms with Gasteiger partial charge in [0, 0.05) is 6.20 Å². The fraction of sp³-hybridized carbons (Fsp3) is 0.500. The summed E-state index contributed by atoms with van der Waals surface area (Å²) in [6.07, 6.45) is 5.13. The summed E-state index contributed by atoms with van der Waals surface area (Å²) in [7, 11) is 0. The van der Waals surface area contributed by atoms with Crippen LogP contribution in [0.4, 0.5) is 4.39 Å². The molecule has 114 valence electrons. The number of rotatable bonds is 3. The van der Waals surface area contributed by atoms with Gasteiger partial charge in [-0.15, -0.1) is 0 Å². The molecule has 6 nitrogen and oxygen atoms in total. The summed E-state index contributed by atoms with van der Waals surface area (Å²) < 4.78 is 13.6. The average Bonchev–Trinajstić information content (AvgIpc) is 2.49. The molecule has 0 bridgehead atoms. The molecule has 0 aromatic carbocycles. The van der Waals surface area contributed by atoms with Gasteiger partial charge in [0.2, 0.25) is 0 Å². The van der Waals surface area contributed by atoms with Gasteiger partial charge in [0.25, 0.3) is 5.91 Å². The van der Waals surface area contributed by atoms with Crippen LogP contribution in [0.3, 0.4) is 0 Å². The summed E-state index contributed by atoms with van der Waals surface area (Å²) in [6.45, 7) is 2.11. The van der Waals surface area contributed by atoms with E-state index in [-0.39, 0.29) is 11.4 Å². The highest BCUT2D eigenvalue weighted by molar-refractivity contribution is 6.00. The number of aromatic nitrogens is 1. The Morgan fingerprint density at radius 1 is 1.57 bits per heavy atom. The number of carbonyl (C=O) groups is 1. The van der Waals surface area contributed by atoms with Crippen LogP contribution in [0.25, 0.3) is 0 Å². The third-order valence-electron chi connectivity index (χ3n) is 4.10. The molecule has 1 aliphatic rings. The van der Waals surface area contributed by atoms with Gasteiger partial charge >= 0.3 is 0 Å². The van der Waals surface area contributed by atoms with Gasteiger partial charge in [-0.1, -0.05) is 12.1 Å². The van der Waals surface area contributed by atoms with E-state index in [1.165, 1.54) is 12.3 Å². The number of amidine groups is 1. The van der Waals surface area contributed by atoms with Gasteiger partial charge in [0.15, 0.2) is 11.7 Å². The van der Waals surface area contributed by atoms with E-state index in [9.17, 15) is 9.18 Å². The van der Waals surface area contributed by atoms with Gasteiger partial charge < -0.3 is 16.3 Å². The lowest BCUT2D eigenvalue weighted by Crippen LogP contribution is -2.59. The van der Waals surface area contributed by atoms with E-state index in [2.05, 4.69) is 22.4 Å². The summed E-state index contributed by atoms with van der Waals surface area (Å²) >= 11 is 0. The standard InChI is InChI=1S/C14H19FN4O2/c1-9-2-5-14(6-3-9,13(16)19-21)18-12(20)10-4-7-17-8-11(10)15/h4,7-9,21H,2-3,5-6H2,1H3,(H2,16,19)(H,18,20). The van der Waals surface area contributed by atoms with E-state index in [1.807, 2.05) is 0 Å². The lowest BCUT2D eigenvalue weighted by Gasteiger charge is -2.38. The predicted molar refractivity (Wildman–Crippen MR) is 75.4 cm³/mol. The van der Waals surface area contributed by atoms with E-state index in [4.69, 9.17) is 10.9 Å². The number of carbonyl (C=O) groups excluding carboxylic acids is 1. The van der Waals surface area contributed by atoms with Crippen LogP contribution in [-0.2, 0) is 0 Å². The topological polar surface area (TPSA) is 101 Å². The molecule has 1 heterocycles. The van der Waals surface area contributed by atoms with Crippen LogP contribution >= 0.6 is 0 Å². The highest BCUT2D eigenvalue weighted by Crippen LogP contribution is 2.32. The zero-order valence-corrected chi connectivity index (χ0v) is 11.8. The second-order valence-electron chi connectivity index (χ2n) is 5.56. The van der Waals surface area contributed by atoms with Gasteiger partial charge in [-0.05, 0) is 37.7 Å². The molecule has 0 saturated heterocycles. The van der Waals surface area contributed by atoms with Gasteiger partial charge in [-0.3, -0.25) is 9.78 Å². The van der Waals surface area contributed by atoms with E-state index < -0.39 is 17.3 Å². The van der Waals surface area contributed by atoms with Crippen molar-refractivity contribution in [3.63, 3.8) is 0 Å². The minimum atomic E-state index is -0.923. The second kappa shape index (κ2) is 6.07. The summed E-state index contributed by atoms with van der Waals surface area (Å²) in [6, 6.07) is 1.30. The minimum absolute atomic E-state index is 0.0442. The van der Waals surface area contributed by atoms with Crippen molar-refractivity contribution in [2.24, 2.45) is 16.8 Å². The molecule has 0 unspecified atom stereocenters. The van der Waals surface area contributed by atoms with Crippen LogP contribution in [0, 0.1) is 11.7 Å². The molecule has 0 aliphatic heterocycles. The number of halogens is 1. The average molecular weight is 294 g/mol. The van der Waals surface area contributed by atoms with E-state index in [0.717, 1.165) is 19.0 Å². The Morgan fingerprint density at radius 2 is 2.24 bits per heavy atom. The zero-order valence-electron chi connectivity index (χ0n) is 11.8. The van der Waals surface area contributed by atoms with Crippen LogP contribution in [0.5, 0.6) is 0 Å². The molecule has 7 heteroatoms. The van der Waals surface area contributed by atoms with Crippen LogP contribution in [-0.4, -0.2) is 27.5 Å². The molecular weight excluding hydrogens is 275 g/mol. The lowest BCUT2D eigenvalue weighted by molar-refractivity contribution is 0.0893. The van der Waals surface area contributed by atoms with Crippen molar-refractivity contribution in [2.45, 2.75) is 38.1 Å². The highest BCUT2D eigenvalue weighted by Gasteiger charge is 2.40. The maximum Gasteiger partial charge on any atom is 0.255 e. The summed E-state index contributed by atoms with van der Waals surface area (Å²) in [4.78, 5) is 15.9. The van der Waals surface area contributed by atoms with Crippen LogP contribution in [0.1, 0.15) is 43.0 Å². The first-order valence-corrected chi connectivity index (χ1v) is 6.88. The molecule has 0 radical (unpaired) electrons. The molecule has 0 atom stereocenters. The number of amides is 1. The molecule has 1 aromatic rings. The number of nitrogens with one attached hydrogen (secondary N) is 1. The lowest BCUT2D eigenvalue weighted by atomic mass is 9.76. The number of nitrogens with two attached hydrogens (primary N) is 1. The Bertz CT molecular complexity index is 554. The number of oxime groups is 1. The van der Waals surface area contributed by atoms with Crippen molar-refractivity contribution >= 4 is 11.7 Å². The normalized spacial score (nSPS) is 26.4. The number of nitrogens with zero attached hydrogens (tertiary/aromatic N) is 2. The Kier molecular flexibility index (Phi) is 4.40. The van der Waals surface area contributed by atoms with Crippen molar-refractivity contribution in [2.75, 3.05) is 0 Å². The molecule has 21 heavy (non-hydrogen) atoms. The Balaban J connectivity index is 2.24. The molecule has 4 N–H and O–H groups in total.